The van der Waals surface area contributed by atoms with Crippen LogP contribution in [0.2, 0.25) is 0 Å². The molecule has 2 atom stereocenters. The summed E-state index contributed by atoms with van der Waals surface area (Å²) < 4.78 is 11.3. The normalized spacial score (nSPS) is 17.4. The molecule has 0 saturated carbocycles. The number of anilines is 1. The van der Waals surface area contributed by atoms with E-state index >= 15 is 0 Å². The summed E-state index contributed by atoms with van der Waals surface area (Å²) in [4.78, 5) is 20.5. The average Bonchev–Trinajstić information content (AvgIpc) is 3.09. The van der Waals surface area contributed by atoms with E-state index in [0.717, 1.165) is 11.4 Å². The Morgan fingerprint density at radius 2 is 2.19 bits per heavy atom. The summed E-state index contributed by atoms with van der Waals surface area (Å²) in [6.07, 6.45) is -0.558. The molecular formula is C18H24N4O3S. The number of hydrogen-bond acceptors (Lipinski definition) is 7. The molecule has 0 unspecified atom stereocenters. The SMILES string of the molecule is CCS[C@H](C)c1noc(CN2C[C@@H](C(=O)N(C)C)Oc3ccccc32)n1. The average molecular weight is 376 g/mol. The second-order valence-corrected chi connectivity index (χ2v) is 7.95. The summed E-state index contributed by atoms with van der Waals surface area (Å²) in [5.41, 5.74) is 0.922. The van der Waals surface area contributed by atoms with Crippen LogP contribution in [0.4, 0.5) is 5.69 Å². The highest BCUT2D eigenvalue weighted by Gasteiger charge is 2.32. The van der Waals surface area contributed by atoms with E-state index in [1.165, 1.54) is 0 Å². The number of likely N-dealkylation sites (N-methyl/N-ethyl adjacent to an activating group) is 1. The Labute approximate surface area is 157 Å². The number of nitrogens with zero attached hydrogens (tertiary/aromatic N) is 4. The van der Waals surface area contributed by atoms with Gasteiger partial charge < -0.3 is 19.1 Å². The molecule has 26 heavy (non-hydrogen) atoms. The van der Waals surface area contributed by atoms with Gasteiger partial charge in [0.1, 0.15) is 5.75 Å². The summed E-state index contributed by atoms with van der Waals surface area (Å²) in [5.74, 6) is 2.86. The van der Waals surface area contributed by atoms with E-state index < -0.39 is 6.10 Å². The Hall–Kier alpha value is -2.22. The van der Waals surface area contributed by atoms with Crippen molar-refractivity contribution in [1.82, 2.24) is 15.0 Å². The minimum Gasteiger partial charge on any atom is -0.477 e. The third kappa shape index (κ3) is 3.95. The number of benzene rings is 1. The van der Waals surface area contributed by atoms with E-state index in [0.29, 0.717) is 30.6 Å². The minimum absolute atomic E-state index is 0.0660. The first kappa shape index (κ1) is 18.6. The maximum atomic E-state index is 12.4. The molecule has 0 bridgehead atoms. The molecule has 0 radical (unpaired) electrons. The standard InChI is InChI=1S/C18H24N4O3S/c1-5-26-12(2)17-19-16(25-20-17)11-22-10-15(18(23)21(3)4)24-14-9-7-6-8-13(14)22/h6-9,12,15H,5,10-11H2,1-4H3/t12-,15+/m1/s1. The number of aromatic nitrogens is 2. The molecule has 1 aliphatic rings. The maximum absolute atomic E-state index is 12.4. The summed E-state index contributed by atoms with van der Waals surface area (Å²) >= 11 is 1.77. The zero-order chi connectivity index (χ0) is 18.7. The van der Waals surface area contributed by atoms with Gasteiger partial charge in [0, 0.05) is 14.1 Å². The Morgan fingerprint density at radius 3 is 2.92 bits per heavy atom. The van der Waals surface area contributed by atoms with Gasteiger partial charge in [-0.3, -0.25) is 4.79 Å². The summed E-state index contributed by atoms with van der Waals surface area (Å²) in [6.45, 7) is 5.05. The van der Waals surface area contributed by atoms with Crippen molar-refractivity contribution in [3.8, 4) is 5.75 Å². The van der Waals surface area contributed by atoms with Crippen molar-refractivity contribution in [3.63, 3.8) is 0 Å². The van der Waals surface area contributed by atoms with E-state index in [9.17, 15) is 4.79 Å². The predicted molar refractivity (Wildman–Crippen MR) is 101 cm³/mol. The van der Waals surface area contributed by atoms with Crippen LogP contribution in [0.25, 0.3) is 0 Å². The van der Waals surface area contributed by atoms with Crippen molar-refractivity contribution in [2.75, 3.05) is 31.3 Å². The van der Waals surface area contributed by atoms with E-state index in [1.54, 1.807) is 30.8 Å². The second-order valence-electron chi connectivity index (χ2n) is 6.33. The highest BCUT2D eigenvalue weighted by molar-refractivity contribution is 7.99. The number of rotatable bonds is 6. The van der Waals surface area contributed by atoms with Crippen LogP contribution in [0.1, 0.15) is 30.8 Å². The van der Waals surface area contributed by atoms with Crippen molar-refractivity contribution in [1.29, 1.82) is 0 Å². The van der Waals surface area contributed by atoms with Gasteiger partial charge in [0.05, 0.1) is 24.0 Å². The third-order valence-corrected chi connectivity index (χ3v) is 5.21. The number of ether oxygens (including phenoxy) is 1. The van der Waals surface area contributed by atoms with E-state index in [2.05, 4.69) is 28.9 Å². The highest BCUT2D eigenvalue weighted by Crippen LogP contribution is 2.34. The molecule has 0 fully saturated rings. The maximum Gasteiger partial charge on any atom is 0.265 e. The molecule has 1 amide bonds. The zero-order valence-electron chi connectivity index (χ0n) is 15.5. The van der Waals surface area contributed by atoms with Crippen LogP contribution in [0.5, 0.6) is 5.75 Å². The van der Waals surface area contributed by atoms with Gasteiger partial charge in [-0.15, -0.1) is 0 Å². The first-order valence-corrected chi connectivity index (χ1v) is 9.70. The first-order valence-electron chi connectivity index (χ1n) is 8.65. The molecule has 2 aromatic rings. The Kier molecular flexibility index (Phi) is 5.70. The van der Waals surface area contributed by atoms with Gasteiger partial charge in [0.2, 0.25) is 5.89 Å². The number of para-hydroxylation sites is 2. The fourth-order valence-corrected chi connectivity index (χ4v) is 3.60. The number of hydrogen-bond donors (Lipinski definition) is 0. The van der Waals surface area contributed by atoms with Gasteiger partial charge in [0.25, 0.3) is 5.91 Å². The molecule has 1 aromatic heterocycles. The fraction of sp³-hybridized carbons (Fsp3) is 0.500. The highest BCUT2D eigenvalue weighted by atomic mass is 32.2. The smallest absolute Gasteiger partial charge is 0.265 e. The monoisotopic (exact) mass is 376 g/mol. The van der Waals surface area contributed by atoms with Crippen molar-refractivity contribution in [2.24, 2.45) is 0 Å². The molecule has 1 aromatic carbocycles. The van der Waals surface area contributed by atoms with E-state index in [4.69, 9.17) is 9.26 Å². The lowest BCUT2D eigenvalue weighted by molar-refractivity contribution is -0.136. The lowest BCUT2D eigenvalue weighted by Gasteiger charge is -2.35. The molecule has 2 heterocycles. The summed E-state index contributed by atoms with van der Waals surface area (Å²) in [5, 5.41) is 4.29. The lowest BCUT2D eigenvalue weighted by Crippen LogP contribution is -2.48. The molecule has 0 N–H and O–H groups in total. The zero-order valence-corrected chi connectivity index (χ0v) is 16.3. The first-order chi connectivity index (χ1) is 12.5. The molecular weight excluding hydrogens is 352 g/mol. The topological polar surface area (TPSA) is 71.7 Å². The number of thioether (sulfide) groups is 1. The van der Waals surface area contributed by atoms with Gasteiger partial charge >= 0.3 is 0 Å². The van der Waals surface area contributed by atoms with Crippen LogP contribution in [-0.2, 0) is 11.3 Å². The molecule has 0 aliphatic carbocycles. The van der Waals surface area contributed by atoms with Crippen LogP contribution < -0.4 is 9.64 Å². The van der Waals surface area contributed by atoms with Gasteiger partial charge in [0.15, 0.2) is 11.9 Å². The molecule has 8 heteroatoms. The van der Waals surface area contributed by atoms with Crippen molar-refractivity contribution < 1.29 is 14.1 Å². The lowest BCUT2D eigenvalue weighted by atomic mass is 10.1. The molecule has 1 aliphatic heterocycles. The number of carbonyl (C=O) groups is 1. The van der Waals surface area contributed by atoms with Gasteiger partial charge in [-0.25, -0.2) is 0 Å². The van der Waals surface area contributed by atoms with Gasteiger partial charge in [-0.2, -0.15) is 16.7 Å². The van der Waals surface area contributed by atoms with Crippen LogP contribution in [0, 0.1) is 0 Å². The second kappa shape index (κ2) is 7.99. The van der Waals surface area contributed by atoms with Gasteiger partial charge in [-0.05, 0) is 24.8 Å². The number of fused-ring (bicyclic) bond motifs is 1. The Balaban J connectivity index is 1.80. The van der Waals surface area contributed by atoms with Crippen molar-refractivity contribution >= 4 is 23.4 Å². The van der Waals surface area contributed by atoms with Crippen molar-refractivity contribution in [3.05, 3.63) is 36.0 Å². The largest absolute Gasteiger partial charge is 0.477 e. The quantitative estimate of drug-likeness (QED) is 0.767. The molecule has 0 saturated heterocycles. The fourth-order valence-electron chi connectivity index (χ4n) is 2.86. The van der Waals surface area contributed by atoms with E-state index in [1.807, 2.05) is 24.3 Å². The third-order valence-electron chi connectivity index (χ3n) is 4.17. The summed E-state index contributed by atoms with van der Waals surface area (Å²) in [6, 6.07) is 7.69. The van der Waals surface area contributed by atoms with Crippen LogP contribution in [-0.4, -0.2) is 53.4 Å². The van der Waals surface area contributed by atoms with Crippen LogP contribution in [0.3, 0.4) is 0 Å². The molecule has 0 spiro atoms. The number of amides is 1. The van der Waals surface area contributed by atoms with Crippen LogP contribution in [0.15, 0.2) is 28.8 Å². The van der Waals surface area contributed by atoms with Crippen molar-refractivity contribution in [2.45, 2.75) is 31.7 Å². The molecule has 140 valence electrons. The molecule has 3 rings (SSSR count). The minimum atomic E-state index is -0.558. The summed E-state index contributed by atoms with van der Waals surface area (Å²) in [7, 11) is 3.46. The Bertz CT molecular complexity index is 764. The molecule has 7 nitrogen and oxygen atoms in total. The predicted octanol–water partition coefficient (Wildman–Crippen LogP) is 2.74. The Morgan fingerprint density at radius 1 is 1.42 bits per heavy atom. The van der Waals surface area contributed by atoms with E-state index in [-0.39, 0.29) is 11.2 Å². The number of carbonyl (C=O) groups excluding carboxylic acids is 1. The van der Waals surface area contributed by atoms with Crippen LogP contribution >= 0.6 is 11.8 Å². The van der Waals surface area contributed by atoms with Gasteiger partial charge in [-0.1, -0.05) is 24.2 Å².